The van der Waals surface area contributed by atoms with Crippen LogP contribution in [0.4, 0.5) is 5.69 Å². The molecule has 2 aromatic carbocycles. The highest BCUT2D eigenvalue weighted by Crippen LogP contribution is 2.31. The van der Waals surface area contributed by atoms with Crippen molar-refractivity contribution in [1.29, 1.82) is 0 Å². The maximum Gasteiger partial charge on any atom is 0.311 e. The maximum atomic E-state index is 13.1. The molecule has 0 fully saturated rings. The van der Waals surface area contributed by atoms with Crippen molar-refractivity contribution in [3.63, 3.8) is 0 Å². The van der Waals surface area contributed by atoms with E-state index in [0.29, 0.717) is 22.2 Å². The summed E-state index contributed by atoms with van der Waals surface area (Å²) in [4.78, 5) is 37.5. The van der Waals surface area contributed by atoms with Gasteiger partial charge in [-0.05, 0) is 31.5 Å². The second kappa shape index (κ2) is 12.3. The van der Waals surface area contributed by atoms with Gasteiger partial charge in [0.25, 0.3) is 5.91 Å². The van der Waals surface area contributed by atoms with Gasteiger partial charge in [0.05, 0.1) is 12.0 Å². The van der Waals surface area contributed by atoms with Crippen molar-refractivity contribution in [2.75, 3.05) is 20.3 Å². The second-order valence-corrected chi connectivity index (χ2v) is 7.88. The summed E-state index contributed by atoms with van der Waals surface area (Å²) in [7, 11) is 1.29. The minimum atomic E-state index is -0.827. The molecule has 0 saturated carbocycles. The Labute approximate surface area is 201 Å². The predicted molar refractivity (Wildman–Crippen MR) is 125 cm³/mol. The van der Waals surface area contributed by atoms with Gasteiger partial charge in [-0.3, -0.25) is 19.7 Å². The van der Waals surface area contributed by atoms with Crippen LogP contribution in [-0.2, 0) is 16.1 Å². The third kappa shape index (κ3) is 6.97. The summed E-state index contributed by atoms with van der Waals surface area (Å²) >= 11 is 12.5. The fourth-order valence-electron chi connectivity index (χ4n) is 2.96. The normalized spacial score (nSPS) is 11.4. The molecule has 0 spiro atoms. The number of carbonyl (C=O) groups excluding carboxylic acids is 2. The van der Waals surface area contributed by atoms with Gasteiger partial charge in [-0.25, -0.2) is 0 Å². The van der Waals surface area contributed by atoms with E-state index in [0.717, 1.165) is 6.42 Å². The first-order valence-electron chi connectivity index (χ1n) is 10.1. The second-order valence-electron chi connectivity index (χ2n) is 7.07. The lowest BCUT2D eigenvalue weighted by Crippen LogP contribution is -2.49. The Kier molecular flexibility index (Phi) is 9.74. The van der Waals surface area contributed by atoms with Crippen molar-refractivity contribution in [2.45, 2.75) is 32.9 Å². The molecule has 0 bridgehead atoms. The van der Waals surface area contributed by atoms with E-state index in [4.69, 9.17) is 32.7 Å². The molecule has 11 heteroatoms. The standard InChI is InChI=1S/C22H25Cl2N3O6/c1-4-10-25-22(29)14(2)26(12-16-17(23)6-5-7-18(16)24)21(28)13-33-15-8-9-19(27(30)31)20(11-15)32-3/h5-9,11,14H,4,10,12-13H2,1-3H3,(H,25,29). The van der Waals surface area contributed by atoms with Crippen molar-refractivity contribution in [3.8, 4) is 11.5 Å². The molecule has 1 N–H and O–H groups in total. The molecule has 0 radical (unpaired) electrons. The largest absolute Gasteiger partial charge is 0.490 e. The summed E-state index contributed by atoms with van der Waals surface area (Å²) in [5.41, 5.74) is 0.272. The number of amides is 2. The molecule has 0 aliphatic heterocycles. The topological polar surface area (TPSA) is 111 Å². The molecule has 9 nitrogen and oxygen atoms in total. The van der Waals surface area contributed by atoms with E-state index in [9.17, 15) is 19.7 Å². The van der Waals surface area contributed by atoms with Crippen LogP contribution >= 0.6 is 23.2 Å². The molecule has 0 aliphatic carbocycles. The molecule has 33 heavy (non-hydrogen) atoms. The first-order chi connectivity index (χ1) is 15.7. The van der Waals surface area contributed by atoms with Crippen LogP contribution < -0.4 is 14.8 Å². The van der Waals surface area contributed by atoms with E-state index >= 15 is 0 Å². The van der Waals surface area contributed by atoms with Gasteiger partial charge >= 0.3 is 5.69 Å². The summed E-state index contributed by atoms with van der Waals surface area (Å²) < 4.78 is 10.6. The van der Waals surface area contributed by atoms with E-state index in [1.54, 1.807) is 25.1 Å². The van der Waals surface area contributed by atoms with E-state index < -0.39 is 23.5 Å². The van der Waals surface area contributed by atoms with Crippen LogP contribution in [0.25, 0.3) is 0 Å². The molecule has 1 atom stereocenters. The van der Waals surface area contributed by atoms with Gasteiger partial charge in [0.2, 0.25) is 11.7 Å². The zero-order valence-electron chi connectivity index (χ0n) is 18.5. The average molecular weight is 498 g/mol. The summed E-state index contributed by atoms with van der Waals surface area (Å²) in [6.07, 6.45) is 0.744. The van der Waals surface area contributed by atoms with Crippen molar-refractivity contribution < 1.29 is 24.0 Å². The van der Waals surface area contributed by atoms with Gasteiger partial charge in [-0.15, -0.1) is 0 Å². The van der Waals surface area contributed by atoms with E-state index in [-0.39, 0.29) is 29.6 Å². The van der Waals surface area contributed by atoms with Crippen molar-refractivity contribution in [3.05, 3.63) is 62.1 Å². The predicted octanol–water partition coefficient (Wildman–Crippen LogP) is 4.23. The number of nitrogens with one attached hydrogen (secondary N) is 1. The SMILES string of the molecule is CCCNC(=O)C(C)N(Cc1c(Cl)cccc1Cl)C(=O)COc1ccc([N+](=O)[O-])c(OC)c1. The number of rotatable bonds is 11. The Morgan fingerprint density at radius 1 is 1.21 bits per heavy atom. The number of halogens is 2. The van der Waals surface area contributed by atoms with Crippen molar-refractivity contribution >= 4 is 40.7 Å². The Bertz CT molecular complexity index is 997. The van der Waals surface area contributed by atoms with Crippen molar-refractivity contribution in [1.82, 2.24) is 10.2 Å². The smallest absolute Gasteiger partial charge is 0.311 e. The first kappa shape index (κ1) is 26.2. The van der Waals surface area contributed by atoms with Gasteiger partial charge in [0.1, 0.15) is 11.8 Å². The number of hydrogen-bond acceptors (Lipinski definition) is 6. The van der Waals surface area contributed by atoms with E-state index in [1.165, 1.54) is 30.2 Å². The zero-order valence-corrected chi connectivity index (χ0v) is 20.0. The van der Waals surface area contributed by atoms with Crippen LogP contribution in [0.15, 0.2) is 36.4 Å². The molecule has 178 valence electrons. The van der Waals surface area contributed by atoms with Crippen LogP contribution in [0.3, 0.4) is 0 Å². The molecule has 1 unspecified atom stereocenters. The lowest BCUT2D eigenvalue weighted by atomic mass is 10.1. The monoisotopic (exact) mass is 497 g/mol. The highest BCUT2D eigenvalue weighted by molar-refractivity contribution is 6.36. The average Bonchev–Trinajstić information content (AvgIpc) is 2.80. The molecule has 2 rings (SSSR count). The Morgan fingerprint density at radius 2 is 1.88 bits per heavy atom. The number of methoxy groups -OCH3 is 1. The maximum absolute atomic E-state index is 13.1. The molecule has 0 heterocycles. The van der Waals surface area contributed by atoms with Crippen LogP contribution in [0.5, 0.6) is 11.5 Å². The Morgan fingerprint density at radius 3 is 2.45 bits per heavy atom. The summed E-state index contributed by atoms with van der Waals surface area (Å²) in [6, 6.07) is 8.05. The van der Waals surface area contributed by atoms with Gasteiger partial charge in [0, 0.05) is 40.8 Å². The number of ether oxygens (including phenoxy) is 2. The highest BCUT2D eigenvalue weighted by atomic mass is 35.5. The number of hydrogen-bond donors (Lipinski definition) is 1. The fraction of sp³-hybridized carbons (Fsp3) is 0.364. The van der Waals surface area contributed by atoms with Gasteiger partial charge in [0.15, 0.2) is 6.61 Å². The van der Waals surface area contributed by atoms with Crippen LogP contribution in [0.2, 0.25) is 10.0 Å². The third-order valence-corrected chi connectivity index (χ3v) is 5.53. The number of nitrogens with zero attached hydrogens (tertiary/aromatic N) is 2. The zero-order chi connectivity index (χ0) is 24.5. The van der Waals surface area contributed by atoms with Gasteiger partial charge in [-0.1, -0.05) is 36.2 Å². The highest BCUT2D eigenvalue weighted by Gasteiger charge is 2.28. The summed E-state index contributed by atoms with van der Waals surface area (Å²) in [5.74, 6) is -0.630. The lowest BCUT2D eigenvalue weighted by Gasteiger charge is -2.29. The van der Waals surface area contributed by atoms with Crippen molar-refractivity contribution in [2.24, 2.45) is 0 Å². The Balaban J connectivity index is 2.24. The molecule has 2 amide bonds. The summed E-state index contributed by atoms with van der Waals surface area (Å²) in [5, 5.41) is 14.5. The van der Waals surface area contributed by atoms with Crippen LogP contribution in [0, 0.1) is 10.1 Å². The minimum absolute atomic E-state index is 0.00281. The molecule has 0 saturated heterocycles. The minimum Gasteiger partial charge on any atom is -0.490 e. The molecule has 2 aromatic rings. The lowest BCUT2D eigenvalue weighted by molar-refractivity contribution is -0.385. The molecular formula is C22H25Cl2N3O6. The quantitative estimate of drug-likeness (QED) is 0.367. The summed E-state index contributed by atoms with van der Waals surface area (Å²) in [6.45, 7) is 3.56. The Hall–Kier alpha value is -3.04. The molecule has 0 aliphatic rings. The number of benzene rings is 2. The van der Waals surface area contributed by atoms with Crippen LogP contribution in [-0.4, -0.2) is 47.9 Å². The number of nitro groups is 1. The van der Waals surface area contributed by atoms with Gasteiger partial charge in [-0.2, -0.15) is 0 Å². The molecular weight excluding hydrogens is 473 g/mol. The number of nitro benzene ring substituents is 1. The first-order valence-corrected chi connectivity index (χ1v) is 10.9. The van der Waals surface area contributed by atoms with Crippen LogP contribution in [0.1, 0.15) is 25.8 Å². The molecule has 0 aromatic heterocycles. The van der Waals surface area contributed by atoms with E-state index in [1.807, 2.05) is 6.92 Å². The fourth-order valence-corrected chi connectivity index (χ4v) is 3.48. The number of carbonyl (C=O) groups is 2. The van der Waals surface area contributed by atoms with E-state index in [2.05, 4.69) is 5.32 Å². The third-order valence-electron chi connectivity index (χ3n) is 4.82. The van der Waals surface area contributed by atoms with Gasteiger partial charge < -0.3 is 19.7 Å².